The number of halogens is 3. The molecular formula is C13H7BrClFN2O3. The zero-order valence-corrected chi connectivity index (χ0v) is 12.6. The summed E-state index contributed by atoms with van der Waals surface area (Å²) in [6, 6.07) is 6.47. The minimum absolute atomic E-state index is 0.00294. The fourth-order valence-electron chi connectivity index (χ4n) is 1.90. The molecule has 1 atom stereocenters. The topological polar surface area (TPSA) is 73.1 Å². The van der Waals surface area contributed by atoms with E-state index in [9.17, 15) is 19.3 Å². The van der Waals surface area contributed by atoms with Gasteiger partial charge < -0.3 is 4.79 Å². The molecule has 1 unspecified atom stereocenters. The van der Waals surface area contributed by atoms with Crippen molar-refractivity contribution >= 4 is 39.5 Å². The van der Waals surface area contributed by atoms with Crippen molar-refractivity contribution in [1.29, 1.82) is 0 Å². The minimum Gasteiger partial charge on any atom is -0.302 e. The number of benzene rings is 1. The van der Waals surface area contributed by atoms with E-state index in [1.54, 1.807) is 0 Å². The van der Waals surface area contributed by atoms with Crippen molar-refractivity contribution in [2.75, 3.05) is 0 Å². The van der Waals surface area contributed by atoms with E-state index < -0.39 is 16.7 Å². The van der Waals surface area contributed by atoms with Gasteiger partial charge in [0.1, 0.15) is 22.4 Å². The molecule has 1 heterocycles. The molecule has 0 aliphatic carbocycles. The van der Waals surface area contributed by atoms with E-state index in [1.807, 2.05) is 0 Å². The maximum atomic E-state index is 14.0. The molecule has 0 radical (unpaired) electrons. The normalized spacial score (nSPS) is 12.0. The molecule has 8 heteroatoms. The second-order valence-corrected chi connectivity index (χ2v) is 5.26. The van der Waals surface area contributed by atoms with Gasteiger partial charge in [0, 0.05) is 16.7 Å². The van der Waals surface area contributed by atoms with E-state index in [-0.39, 0.29) is 22.0 Å². The van der Waals surface area contributed by atoms with Gasteiger partial charge >= 0.3 is 0 Å². The second kappa shape index (κ2) is 6.28. The molecule has 0 N–H and O–H groups in total. The van der Waals surface area contributed by atoms with Crippen LogP contribution in [0.15, 0.2) is 34.9 Å². The van der Waals surface area contributed by atoms with E-state index in [1.165, 1.54) is 24.3 Å². The summed E-state index contributed by atoms with van der Waals surface area (Å²) in [7, 11) is 0. The predicted molar refractivity (Wildman–Crippen MR) is 77.9 cm³/mol. The Bertz CT molecular complexity index is 706. The largest absolute Gasteiger partial charge is 0.302 e. The number of nitrogens with zero attached hydrogens (tertiary/aromatic N) is 2. The lowest BCUT2D eigenvalue weighted by Gasteiger charge is -2.13. The molecule has 108 valence electrons. The number of aromatic nitrogens is 1. The van der Waals surface area contributed by atoms with Gasteiger partial charge in [-0.1, -0.05) is 17.7 Å². The summed E-state index contributed by atoms with van der Waals surface area (Å²) in [5.41, 5.74) is -0.686. The Kier molecular flexibility index (Phi) is 4.64. The number of hydrogen-bond donors (Lipinski definition) is 0. The third kappa shape index (κ3) is 3.08. The van der Waals surface area contributed by atoms with E-state index in [0.717, 1.165) is 6.07 Å². The SMILES string of the molecule is O=CC(c1nc(Br)ccc1[N+](=O)[O-])c1c(F)cccc1Cl. The maximum absolute atomic E-state index is 14.0. The van der Waals surface area contributed by atoms with Crippen LogP contribution >= 0.6 is 27.5 Å². The van der Waals surface area contributed by atoms with Crippen molar-refractivity contribution in [3.63, 3.8) is 0 Å². The summed E-state index contributed by atoms with van der Waals surface area (Å²) in [5, 5.41) is 11.1. The highest BCUT2D eigenvalue weighted by molar-refractivity contribution is 9.10. The van der Waals surface area contributed by atoms with Crippen molar-refractivity contribution in [3.8, 4) is 0 Å². The van der Waals surface area contributed by atoms with Crippen LogP contribution in [0.5, 0.6) is 0 Å². The van der Waals surface area contributed by atoms with Crippen molar-refractivity contribution in [2.45, 2.75) is 5.92 Å². The van der Waals surface area contributed by atoms with Crippen LogP contribution in [0.1, 0.15) is 17.2 Å². The summed E-state index contributed by atoms with van der Waals surface area (Å²) in [5.74, 6) is -1.99. The smallest absolute Gasteiger partial charge is 0.291 e. The first-order chi connectivity index (χ1) is 9.95. The summed E-state index contributed by atoms with van der Waals surface area (Å²) in [6.45, 7) is 0. The standard InChI is InChI=1S/C13H7BrClFN2O3/c14-11-5-4-10(18(20)21)13(17-11)7(6-19)12-8(15)2-1-3-9(12)16/h1-7H. The molecule has 1 aromatic heterocycles. The van der Waals surface area contributed by atoms with E-state index in [0.29, 0.717) is 10.9 Å². The fourth-order valence-corrected chi connectivity index (χ4v) is 2.51. The number of nitro groups is 1. The van der Waals surface area contributed by atoms with Crippen LogP contribution in [0.4, 0.5) is 10.1 Å². The van der Waals surface area contributed by atoms with Gasteiger partial charge in [-0.3, -0.25) is 10.1 Å². The van der Waals surface area contributed by atoms with E-state index in [2.05, 4.69) is 20.9 Å². The van der Waals surface area contributed by atoms with Gasteiger partial charge in [-0.25, -0.2) is 9.37 Å². The van der Waals surface area contributed by atoms with Crippen LogP contribution in [-0.2, 0) is 4.79 Å². The molecule has 2 rings (SSSR count). The van der Waals surface area contributed by atoms with E-state index in [4.69, 9.17) is 11.6 Å². The average Bonchev–Trinajstić information content (AvgIpc) is 2.42. The molecule has 0 spiro atoms. The molecule has 0 fully saturated rings. The number of aldehydes is 1. The predicted octanol–water partition coefficient (Wildman–Crippen LogP) is 3.88. The van der Waals surface area contributed by atoms with Crippen LogP contribution in [-0.4, -0.2) is 16.2 Å². The Labute approximate surface area is 132 Å². The van der Waals surface area contributed by atoms with Crippen LogP contribution in [0, 0.1) is 15.9 Å². The molecule has 1 aromatic carbocycles. The number of pyridine rings is 1. The van der Waals surface area contributed by atoms with Gasteiger partial charge in [-0.15, -0.1) is 0 Å². The minimum atomic E-state index is -1.27. The highest BCUT2D eigenvalue weighted by atomic mass is 79.9. The first-order valence-corrected chi connectivity index (χ1v) is 6.82. The van der Waals surface area contributed by atoms with Gasteiger partial charge in [0.2, 0.25) is 0 Å². The van der Waals surface area contributed by atoms with Gasteiger partial charge in [-0.2, -0.15) is 0 Å². The molecule has 0 aliphatic heterocycles. The second-order valence-electron chi connectivity index (χ2n) is 4.04. The Morgan fingerprint density at radius 3 is 2.67 bits per heavy atom. The van der Waals surface area contributed by atoms with Crippen LogP contribution in [0.25, 0.3) is 0 Å². The summed E-state index contributed by atoms with van der Waals surface area (Å²) >= 11 is 8.99. The molecule has 21 heavy (non-hydrogen) atoms. The zero-order chi connectivity index (χ0) is 15.6. The van der Waals surface area contributed by atoms with Crippen LogP contribution in [0.3, 0.4) is 0 Å². The zero-order valence-electron chi connectivity index (χ0n) is 10.3. The maximum Gasteiger partial charge on any atom is 0.291 e. The number of rotatable bonds is 4. The Morgan fingerprint density at radius 1 is 1.38 bits per heavy atom. The van der Waals surface area contributed by atoms with Gasteiger partial charge in [0.15, 0.2) is 0 Å². The van der Waals surface area contributed by atoms with Gasteiger partial charge in [0.05, 0.1) is 10.8 Å². The third-order valence-corrected chi connectivity index (χ3v) is 3.58. The molecule has 0 aliphatic rings. The Morgan fingerprint density at radius 2 is 2.10 bits per heavy atom. The highest BCUT2D eigenvalue weighted by Gasteiger charge is 2.29. The van der Waals surface area contributed by atoms with Crippen molar-refractivity contribution in [2.24, 2.45) is 0 Å². The lowest BCUT2D eigenvalue weighted by atomic mass is 9.95. The lowest BCUT2D eigenvalue weighted by Crippen LogP contribution is -2.11. The average molecular weight is 374 g/mol. The first kappa shape index (κ1) is 15.5. The van der Waals surface area contributed by atoms with Crippen LogP contribution < -0.4 is 0 Å². The molecule has 0 saturated heterocycles. The highest BCUT2D eigenvalue weighted by Crippen LogP contribution is 2.35. The summed E-state index contributed by atoms with van der Waals surface area (Å²) < 4.78 is 14.2. The van der Waals surface area contributed by atoms with Crippen LogP contribution in [0.2, 0.25) is 5.02 Å². The fraction of sp³-hybridized carbons (Fsp3) is 0.0769. The monoisotopic (exact) mass is 372 g/mol. The lowest BCUT2D eigenvalue weighted by molar-refractivity contribution is -0.386. The molecular weight excluding hydrogens is 367 g/mol. The Balaban J connectivity index is 2.70. The first-order valence-electron chi connectivity index (χ1n) is 5.65. The molecule has 0 amide bonds. The Hall–Kier alpha value is -1.86. The number of hydrogen-bond acceptors (Lipinski definition) is 4. The molecule has 0 bridgehead atoms. The third-order valence-electron chi connectivity index (χ3n) is 2.81. The summed E-state index contributed by atoms with van der Waals surface area (Å²) in [4.78, 5) is 25.7. The van der Waals surface area contributed by atoms with Crippen molar-refractivity contribution < 1.29 is 14.1 Å². The number of carbonyl (C=O) groups excluding carboxylic acids is 1. The molecule has 0 saturated carbocycles. The van der Waals surface area contributed by atoms with Gasteiger partial charge in [-0.05, 0) is 34.1 Å². The molecule has 5 nitrogen and oxygen atoms in total. The van der Waals surface area contributed by atoms with E-state index >= 15 is 0 Å². The van der Waals surface area contributed by atoms with Crippen molar-refractivity contribution in [1.82, 2.24) is 4.98 Å². The number of carbonyl (C=O) groups is 1. The quantitative estimate of drug-likeness (QED) is 0.353. The molecule has 2 aromatic rings. The summed E-state index contributed by atoms with van der Waals surface area (Å²) in [6.07, 6.45) is 0.381. The van der Waals surface area contributed by atoms with Crippen molar-refractivity contribution in [3.05, 3.63) is 67.1 Å². The van der Waals surface area contributed by atoms with Gasteiger partial charge in [0.25, 0.3) is 5.69 Å².